The topological polar surface area (TPSA) is 94.2 Å². The molecule has 3 amide bonds. The number of methoxy groups -OCH3 is 2. The van der Waals surface area contributed by atoms with Gasteiger partial charge in [-0.25, -0.2) is 28.1 Å². The van der Waals surface area contributed by atoms with Crippen LogP contribution in [0.1, 0.15) is 17.2 Å². The minimum Gasteiger partial charge on any atom is -0.466 e. The molecule has 0 bridgehead atoms. The van der Waals surface area contributed by atoms with Crippen molar-refractivity contribution in [1.29, 1.82) is 0 Å². The van der Waals surface area contributed by atoms with Crippen LogP contribution in [0.5, 0.6) is 5.75 Å². The number of imide groups is 1. The van der Waals surface area contributed by atoms with Gasteiger partial charge in [0, 0.05) is 7.11 Å². The number of hydrogen-bond acceptors (Lipinski definition) is 6. The Morgan fingerprint density at radius 2 is 1.75 bits per heavy atom. The van der Waals surface area contributed by atoms with E-state index in [-0.39, 0.29) is 29.2 Å². The molecule has 1 heterocycles. The molecule has 8 nitrogen and oxygen atoms in total. The number of aryl methyl sites for hydroxylation is 1. The molecule has 3 rings (SSSR count). The van der Waals surface area contributed by atoms with Crippen molar-refractivity contribution in [1.82, 2.24) is 10.2 Å². The fourth-order valence-electron chi connectivity index (χ4n) is 3.21. The number of urea groups is 1. The number of nitrogens with one attached hydrogen (secondary N) is 1. The van der Waals surface area contributed by atoms with Gasteiger partial charge in [0.25, 0.3) is 0 Å². The second-order valence-corrected chi connectivity index (χ2v) is 6.87. The van der Waals surface area contributed by atoms with E-state index in [0.717, 1.165) is 30.9 Å². The number of esters is 1. The fourth-order valence-corrected chi connectivity index (χ4v) is 3.21. The highest BCUT2D eigenvalue weighted by Gasteiger charge is 2.44. The average Bonchev–Trinajstić information content (AvgIpc) is 2.76. The highest BCUT2D eigenvalue weighted by atomic mass is 19.2. The van der Waals surface area contributed by atoms with Crippen molar-refractivity contribution >= 4 is 18.1 Å². The molecule has 1 atom stereocenters. The predicted octanol–water partition coefficient (Wildman–Crippen LogP) is 3.61. The molecule has 32 heavy (non-hydrogen) atoms. The molecular weight excluding hydrogens is 426 g/mol. The first-order chi connectivity index (χ1) is 15.3. The molecule has 2 aromatic carbocycles. The first-order valence-electron chi connectivity index (χ1n) is 9.40. The Bertz CT molecular complexity index is 1080. The number of rotatable bonds is 5. The zero-order chi connectivity index (χ0) is 23.4. The van der Waals surface area contributed by atoms with Gasteiger partial charge in [-0.05, 0) is 36.8 Å². The normalized spacial score (nSPS) is 16.0. The van der Waals surface area contributed by atoms with Crippen LogP contribution in [0.25, 0.3) is 0 Å². The van der Waals surface area contributed by atoms with Crippen LogP contribution in [0.2, 0.25) is 0 Å². The SMILES string of the molecule is COCC1=C(C(=O)OC)C(c2ccc(F)c(F)c2)N(C(=O)Oc2ccc(C)cc2)C(=O)N1. The number of hydrogen-bond donors (Lipinski definition) is 1. The number of amides is 3. The lowest BCUT2D eigenvalue weighted by atomic mass is 9.93. The number of ether oxygens (including phenoxy) is 3. The van der Waals surface area contributed by atoms with Gasteiger partial charge in [-0.1, -0.05) is 23.8 Å². The minimum atomic E-state index is -1.46. The third kappa shape index (κ3) is 4.59. The third-order valence-corrected chi connectivity index (χ3v) is 4.71. The van der Waals surface area contributed by atoms with Crippen molar-refractivity contribution in [3.8, 4) is 5.75 Å². The summed E-state index contributed by atoms with van der Waals surface area (Å²) in [6.45, 7) is 1.63. The van der Waals surface area contributed by atoms with Crippen LogP contribution < -0.4 is 10.1 Å². The van der Waals surface area contributed by atoms with E-state index in [1.807, 2.05) is 6.92 Å². The lowest BCUT2D eigenvalue weighted by Crippen LogP contribution is -2.53. The van der Waals surface area contributed by atoms with Gasteiger partial charge in [-0.15, -0.1) is 0 Å². The first-order valence-corrected chi connectivity index (χ1v) is 9.40. The van der Waals surface area contributed by atoms with Gasteiger partial charge in [-0.2, -0.15) is 0 Å². The molecule has 0 radical (unpaired) electrons. The number of benzene rings is 2. The molecule has 0 spiro atoms. The molecule has 1 aliphatic heterocycles. The van der Waals surface area contributed by atoms with Gasteiger partial charge in [0.05, 0.1) is 25.0 Å². The van der Waals surface area contributed by atoms with Gasteiger partial charge in [0.1, 0.15) is 11.8 Å². The second kappa shape index (κ2) is 9.56. The molecule has 0 fully saturated rings. The molecule has 1 N–H and O–H groups in total. The molecule has 1 unspecified atom stereocenters. The first kappa shape index (κ1) is 22.9. The Morgan fingerprint density at radius 3 is 2.34 bits per heavy atom. The van der Waals surface area contributed by atoms with Crippen molar-refractivity contribution in [3.05, 3.63) is 76.5 Å². The van der Waals surface area contributed by atoms with Crippen LogP contribution in [0.15, 0.2) is 53.7 Å². The standard InChI is InChI=1S/C22H20F2N2O6/c1-12-4-7-14(8-5-12)32-22(29)26-19(13-6-9-15(23)16(24)10-13)18(20(27)31-3)17(11-30-2)25-21(26)28/h4-10,19H,11H2,1-3H3,(H,25,28). The van der Waals surface area contributed by atoms with Gasteiger partial charge >= 0.3 is 18.1 Å². The Morgan fingerprint density at radius 1 is 1.06 bits per heavy atom. The summed E-state index contributed by atoms with van der Waals surface area (Å²) in [5.41, 5.74) is 0.688. The Hall–Kier alpha value is -3.79. The van der Waals surface area contributed by atoms with Gasteiger partial charge < -0.3 is 19.5 Å². The van der Waals surface area contributed by atoms with Crippen molar-refractivity contribution < 1.29 is 37.4 Å². The van der Waals surface area contributed by atoms with E-state index in [1.54, 1.807) is 12.1 Å². The number of nitrogens with zero attached hydrogens (tertiary/aromatic N) is 1. The van der Waals surface area contributed by atoms with E-state index < -0.39 is 35.8 Å². The molecule has 0 aliphatic carbocycles. The Kier molecular flexibility index (Phi) is 6.84. The number of carbonyl (C=O) groups is 3. The molecule has 168 valence electrons. The Balaban J connectivity index is 2.13. The molecule has 2 aromatic rings. The van der Waals surface area contributed by atoms with E-state index in [0.29, 0.717) is 4.90 Å². The third-order valence-electron chi connectivity index (χ3n) is 4.71. The maximum Gasteiger partial charge on any atom is 0.424 e. The van der Waals surface area contributed by atoms with Crippen molar-refractivity contribution in [2.75, 3.05) is 20.8 Å². The number of carbonyl (C=O) groups excluding carboxylic acids is 3. The van der Waals surface area contributed by atoms with Gasteiger partial charge in [0.15, 0.2) is 11.6 Å². The fraction of sp³-hybridized carbons (Fsp3) is 0.227. The summed E-state index contributed by atoms with van der Waals surface area (Å²) in [6.07, 6.45) is -1.14. The van der Waals surface area contributed by atoms with Crippen molar-refractivity contribution in [2.45, 2.75) is 13.0 Å². The zero-order valence-electron chi connectivity index (χ0n) is 17.5. The quantitative estimate of drug-likeness (QED) is 0.706. The largest absolute Gasteiger partial charge is 0.466 e. The van der Waals surface area contributed by atoms with E-state index in [9.17, 15) is 23.2 Å². The molecule has 1 aliphatic rings. The van der Waals surface area contributed by atoms with Gasteiger partial charge in [-0.3, -0.25) is 0 Å². The maximum atomic E-state index is 14.0. The second-order valence-electron chi connectivity index (χ2n) is 6.87. The van der Waals surface area contributed by atoms with Crippen LogP contribution in [0.4, 0.5) is 18.4 Å². The summed E-state index contributed by atoms with van der Waals surface area (Å²) in [5.74, 6) is -3.12. The van der Waals surface area contributed by atoms with Crippen LogP contribution in [-0.2, 0) is 14.3 Å². The highest BCUT2D eigenvalue weighted by molar-refractivity contribution is 6.01. The molecule has 0 aromatic heterocycles. The predicted molar refractivity (Wildman–Crippen MR) is 108 cm³/mol. The molecule has 10 heteroatoms. The van der Waals surface area contributed by atoms with E-state index in [4.69, 9.17) is 14.2 Å². The number of halogens is 2. The van der Waals surface area contributed by atoms with Crippen LogP contribution >= 0.6 is 0 Å². The molecule has 0 saturated heterocycles. The zero-order valence-corrected chi connectivity index (χ0v) is 17.5. The van der Waals surface area contributed by atoms with Crippen LogP contribution in [0, 0.1) is 18.6 Å². The Labute approximate surface area is 182 Å². The average molecular weight is 446 g/mol. The summed E-state index contributed by atoms with van der Waals surface area (Å²) in [6, 6.07) is 6.80. The summed E-state index contributed by atoms with van der Waals surface area (Å²) in [4.78, 5) is 39.1. The van der Waals surface area contributed by atoms with Crippen molar-refractivity contribution in [2.24, 2.45) is 0 Å². The summed E-state index contributed by atoms with van der Waals surface area (Å²) < 4.78 is 42.7. The van der Waals surface area contributed by atoms with Crippen LogP contribution in [-0.4, -0.2) is 43.8 Å². The van der Waals surface area contributed by atoms with Gasteiger partial charge in [0.2, 0.25) is 0 Å². The minimum absolute atomic E-state index is 0.0125. The lowest BCUT2D eigenvalue weighted by Gasteiger charge is -2.36. The molecular formula is C22H20F2N2O6. The van der Waals surface area contributed by atoms with E-state index >= 15 is 0 Å². The highest BCUT2D eigenvalue weighted by Crippen LogP contribution is 2.35. The lowest BCUT2D eigenvalue weighted by molar-refractivity contribution is -0.137. The molecule has 0 saturated carbocycles. The summed E-state index contributed by atoms with van der Waals surface area (Å²) >= 11 is 0. The summed E-state index contributed by atoms with van der Waals surface area (Å²) in [7, 11) is 2.44. The maximum absolute atomic E-state index is 14.0. The monoisotopic (exact) mass is 446 g/mol. The summed E-state index contributed by atoms with van der Waals surface area (Å²) in [5, 5.41) is 2.41. The smallest absolute Gasteiger partial charge is 0.424 e. The van der Waals surface area contributed by atoms with E-state index in [1.165, 1.54) is 19.2 Å². The van der Waals surface area contributed by atoms with Crippen molar-refractivity contribution in [3.63, 3.8) is 0 Å². The van der Waals surface area contributed by atoms with Crippen LogP contribution in [0.3, 0.4) is 0 Å². The van der Waals surface area contributed by atoms with E-state index in [2.05, 4.69) is 5.32 Å².